The molecule has 0 saturated carbocycles. The third-order valence-electron chi connectivity index (χ3n) is 7.29. The molecule has 8 aromatic rings. The molecule has 164 valence electrons. The van der Waals surface area contributed by atoms with E-state index in [0.29, 0.717) is 0 Å². The highest BCUT2D eigenvalue weighted by Gasteiger charge is 2.20. The zero-order valence-electron chi connectivity index (χ0n) is 18.9. The van der Waals surface area contributed by atoms with Crippen LogP contribution < -0.4 is 0 Å². The van der Waals surface area contributed by atoms with Crippen LogP contribution in [0.1, 0.15) is 0 Å². The molecule has 0 aliphatic rings. The van der Waals surface area contributed by atoms with Gasteiger partial charge in [-0.05, 0) is 54.6 Å². The average Bonchev–Trinajstić information content (AvgIpc) is 3.60. The molecule has 5 aromatic carbocycles. The van der Waals surface area contributed by atoms with Crippen LogP contribution in [0.5, 0.6) is 0 Å². The van der Waals surface area contributed by atoms with Crippen molar-refractivity contribution in [1.82, 2.24) is 14.1 Å². The Hall–Kier alpha value is -4.76. The second kappa shape index (κ2) is 6.87. The van der Waals surface area contributed by atoms with E-state index in [2.05, 4.69) is 136 Å². The molecule has 8 rings (SSSR count). The summed E-state index contributed by atoms with van der Waals surface area (Å²) in [4.78, 5) is 3.74. The molecule has 0 aliphatic carbocycles. The van der Waals surface area contributed by atoms with E-state index < -0.39 is 0 Å². The number of para-hydroxylation sites is 3. The molecule has 3 heterocycles. The van der Waals surface area contributed by atoms with Gasteiger partial charge in [-0.15, -0.1) is 0 Å². The van der Waals surface area contributed by atoms with E-state index in [9.17, 15) is 0 Å². The van der Waals surface area contributed by atoms with E-state index in [4.69, 9.17) is 0 Å². The first-order chi connectivity index (χ1) is 17.4. The van der Waals surface area contributed by atoms with Gasteiger partial charge in [-0.2, -0.15) is 0 Å². The summed E-state index contributed by atoms with van der Waals surface area (Å²) in [6, 6.07) is 41.2. The number of hydrogen-bond donors (Lipinski definition) is 1. The standard InChI is InChI=1S/C32H21N3/c1-3-9-21(10-4-1)34-20-19-25-28(34)17-16-26-30-29(35(32(25)26)22-11-5-2-6-12-22)18-15-24-23-13-7-8-14-27(23)33-31(24)30/h1-20,33H. The minimum absolute atomic E-state index is 1.17. The van der Waals surface area contributed by atoms with Crippen molar-refractivity contribution in [3.8, 4) is 11.4 Å². The predicted octanol–water partition coefficient (Wildman–Crippen LogP) is 8.36. The fourth-order valence-electron chi connectivity index (χ4n) is 5.79. The van der Waals surface area contributed by atoms with E-state index >= 15 is 0 Å². The lowest BCUT2D eigenvalue weighted by molar-refractivity contribution is 1.13. The molecule has 0 saturated heterocycles. The SMILES string of the molecule is c1ccc(-n2ccc3c2ccc2c4c5[nH]c6ccccc6c5ccc4n(-c4ccccc4)c23)cc1. The summed E-state index contributed by atoms with van der Waals surface area (Å²) in [7, 11) is 0. The van der Waals surface area contributed by atoms with Gasteiger partial charge in [0.2, 0.25) is 0 Å². The summed E-state index contributed by atoms with van der Waals surface area (Å²) in [5.41, 5.74) is 8.37. The van der Waals surface area contributed by atoms with E-state index in [0.717, 1.165) is 0 Å². The first-order valence-electron chi connectivity index (χ1n) is 12.0. The normalized spacial score (nSPS) is 12.0. The number of H-pyrrole nitrogens is 1. The van der Waals surface area contributed by atoms with Gasteiger partial charge in [0.05, 0.1) is 22.1 Å². The van der Waals surface area contributed by atoms with Gasteiger partial charge in [0.15, 0.2) is 0 Å². The highest BCUT2D eigenvalue weighted by atomic mass is 15.0. The Labute approximate surface area is 201 Å². The Morgan fingerprint density at radius 1 is 0.486 bits per heavy atom. The Bertz CT molecular complexity index is 2040. The Morgan fingerprint density at radius 2 is 1.17 bits per heavy atom. The van der Waals surface area contributed by atoms with Crippen molar-refractivity contribution in [3.05, 3.63) is 121 Å². The van der Waals surface area contributed by atoms with Gasteiger partial charge < -0.3 is 14.1 Å². The zero-order valence-corrected chi connectivity index (χ0v) is 18.9. The molecule has 0 radical (unpaired) electrons. The van der Waals surface area contributed by atoms with Crippen molar-refractivity contribution in [3.63, 3.8) is 0 Å². The van der Waals surface area contributed by atoms with Crippen molar-refractivity contribution in [2.24, 2.45) is 0 Å². The molecule has 1 N–H and O–H groups in total. The van der Waals surface area contributed by atoms with Crippen LogP contribution in [0, 0.1) is 0 Å². The molecule has 0 bridgehead atoms. The minimum Gasteiger partial charge on any atom is -0.354 e. The van der Waals surface area contributed by atoms with Gasteiger partial charge >= 0.3 is 0 Å². The maximum Gasteiger partial charge on any atom is 0.0635 e. The fourth-order valence-corrected chi connectivity index (χ4v) is 5.79. The number of nitrogens with zero attached hydrogens (tertiary/aromatic N) is 2. The molecule has 0 aliphatic heterocycles. The van der Waals surface area contributed by atoms with Gasteiger partial charge in [-0.3, -0.25) is 0 Å². The maximum atomic E-state index is 3.74. The first kappa shape index (κ1) is 18.6. The van der Waals surface area contributed by atoms with E-state index in [1.54, 1.807) is 0 Å². The number of nitrogens with one attached hydrogen (secondary N) is 1. The van der Waals surface area contributed by atoms with Crippen LogP contribution in [-0.2, 0) is 0 Å². The largest absolute Gasteiger partial charge is 0.354 e. The molecular formula is C32H21N3. The first-order valence-corrected chi connectivity index (χ1v) is 12.0. The van der Waals surface area contributed by atoms with E-state index in [1.165, 1.54) is 65.9 Å². The molecule has 3 heteroatoms. The molecule has 3 nitrogen and oxygen atoms in total. The smallest absolute Gasteiger partial charge is 0.0635 e. The lowest BCUT2D eigenvalue weighted by Gasteiger charge is -2.09. The van der Waals surface area contributed by atoms with Crippen molar-refractivity contribution >= 4 is 54.5 Å². The van der Waals surface area contributed by atoms with Crippen LogP contribution in [-0.4, -0.2) is 14.1 Å². The van der Waals surface area contributed by atoms with Gasteiger partial charge in [0, 0.05) is 50.0 Å². The van der Waals surface area contributed by atoms with Gasteiger partial charge in [-0.25, -0.2) is 0 Å². The number of aromatic nitrogens is 3. The van der Waals surface area contributed by atoms with Crippen LogP contribution in [0.25, 0.3) is 65.9 Å². The molecule has 0 atom stereocenters. The molecule has 3 aromatic heterocycles. The summed E-state index contributed by atoms with van der Waals surface area (Å²) in [6.07, 6.45) is 2.19. The second-order valence-electron chi connectivity index (χ2n) is 9.14. The minimum atomic E-state index is 1.17. The van der Waals surface area contributed by atoms with Crippen LogP contribution >= 0.6 is 0 Å². The van der Waals surface area contributed by atoms with E-state index in [1.807, 2.05) is 0 Å². The number of rotatable bonds is 2. The fraction of sp³-hybridized carbons (Fsp3) is 0. The van der Waals surface area contributed by atoms with Gasteiger partial charge in [0.1, 0.15) is 0 Å². The third-order valence-corrected chi connectivity index (χ3v) is 7.29. The summed E-state index contributed by atoms with van der Waals surface area (Å²) >= 11 is 0. The Balaban J connectivity index is 1.59. The molecular weight excluding hydrogens is 426 g/mol. The summed E-state index contributed by atoms with van der Waals surface area (Å²) in [6.45, 7) is 0. The van der Waals surface area contributed by atoms with E-state index in [-0.39, 0.29) is 0 Å². The van der Waals surface area contributed by atoms with Crippen molar-refractivity contribution in [2.75, 3.05) is 0 Å². The highest BCUT2D eigenvalue weighted by molar-refractivity contribution is 6.28. The predicted molar refractivity (Wildman–Crippen MR) is 147 cm³/mol. The summed E-state index contributed by atoms with van der Waals surface area (Å²) in [5.74, 6) is 0. The third kappa shape index (κ3) is 2.50. The number of benzene rings is 5. The van der Waals surface area contributed by atoms with Crippen LogP contribution in [0.4, 0.5) is 0 Å². The lowest BCUT2D eigenvalue weighted by Crippen LogP contribution is -1.94. The monoisotopic (exact) mass is 447 g/mol. The number of hydrogen-bond acceptors (Lipinski definition) is 0. The van der Waals surface area contributed by atoms with Gasteiger partial charge in [0.25, 0.3) is 0 Å². The molecule has 0 fully saturated rings. The van der Waals surface area contributed by atoms with Crippen molar-refractivity contribution < 1.29 is 0 Å². The molecule has 0 spiro atoms. The number of fused-ring (bicyclic) bond motifs is 9. The second-order valence-corrected chi connectivity index (χ2v) is 9.14. The Morgan fingerprint density at radius 3 is 2.00 bits per heavy atom. The summed E-state index contributed by atoms with van der Waals surface area (Å²) in [5, 5.41) is 6.31. The quantitative estimate of drug-likeness (QED) is 0.275. The molecule has 0 unspecified atom stereocenters. The lowest BCUT2D eigenvalue weighted by atomic mass is 10.1. The van der Waals surface area contributed by atoms with Crippen molar-refractivity contribution in [1.29, 1.82) is 0 Å². The topological polar surface area (TPSA) is 25.6 Å². The average molecular weight is 448 g/mol. The molecule has 35 heavy (non-hydrogen) atoms. The molecule has 0 amide bonds. The van der Waals surface area contributed by atoms with Gasteiger partial charge in [-0.1, -0.05) is 60.7 Å². The zero-order chi connectivity index (χ0) is 22.9. The Kier molecular flexibility index (Phi) is 3.66. The highest BCUT2D eigenvalue weighted by Crippen LogP contribution is 2.41. The summed E-state index contributed by atoms with van der Waals surface area (Å²) < 4.78 is 4.70. The van der Waals surface area contributed by atoms with Crippen LogP contribution in [0.2, 0.25) is 0 Å². The maximum absolute atomic E-state index is 3.74. The van der Waals surface area contributed by atoms with Crippen LogP contribution in [0.15, 0.2) is 121 Å². The van der Waals surface area contributed by atoms with Crippen LogP contribution in [0.3, 0.4) is 0 Å². The van der Waals surface area contributed by atoms with Crippen molar-refractivity contribution in [2.45, 2.75) is 0 Å². The number of aromatic amines is 1.